The molecule has 0 N–H and O–H groups in total. The molecule has 0 aromatic heterocycles. The van der Waals surface area contributed by atoms with Crippen LogP contribution >= 0.6 is 11.6 Å². The standard InChI is InChI=1S/C14H10ClFO/c15-13(10-4-2-1-3-5-10)14(17)11-6-8-12(16)9-7-11/h1-9,13H. The molecule has 0 aliphatic heterocycles. The van der Waals surface area contributed by atoms with Crippen molar-refractivity contribution in [3.63, 3.8) is 0 Å². The highest BCUT2D eigenvalue weighted by atomic mass is 35.5. The van der Waals surface area contributed by atoms with Crippen molar-refractivity contribution in [1.82, 2.24) is 0 Å². The van der Waals surface area contributed by atoms with Gasteiger partial charge in [0, 0.05) is 5.56 Å². The van der Waals surface area contributed by atoms with Crippen molar-refractivity contribution in [3.8, 4) is 0 Å². The van der Waals surface area contributed by atoms with Crippen LogP contribution in [0.3, 0.4) is 0 Å². The summed E-state index contributed by atoms with van der Waals surface area (Å²) in [5.41, 5.74) is 1.15. The van der Waals surface area contributed by atoms with E-state index in [0.29, 0.717) is 5.56 Å². The number of ketones is 1. The molecule has 0 heterocycles. The monoisotopic (exact) mass is 248 g/mol. The number of Topliss-reactive ketones (excluding diaryl/α,β-unsaturated/α-hetero) is 1. The third kappa shape index (κ3) is 2.71. The zero-order valence-corrected chi connectivity index (χ0v) is 9.69. The first-order valence-corrected chi connectivity index (χ1v) is 5.61. The fourth-order valence-electron chi connectivity index (χ4n) is 1.53. The topological polar surface area (TPSA) is 17.1 Å². The Morgan fingerprint density at radius 1 is 1.00 bits per heavy atom. The number of hydrogen-bond acceptors (Lipinski definition) is 1. The van der Waals surface area contributed by atoms with Crippen molar-refractivity contribution in [1.29, 1.82) is 0 Å². The summed E-state index contributed by atoms with van der Waals surface area (Å²) >= 11 is 6.09. The molecule has 0 saturated heterocycles. The number of carbonyl (C=O) groups excluding carboxylic acids is 1. The van der Waals surface area contributed by atoms with Gasteiger partial charge in [-0.05, 0) is 29.8 Å². The molecule has 0 saturated carbocycles. The van der Waals surface area contributed by atoms with E-state index < -0.39 is 5.38 Å². The summed E-state index contributed by atoms with van der Waals surface area (Å²) in [6.45, 7) is 0. The Morgan fingerprint density at radius 3 is 2.18 bits per heavy atom. The summed E-state index contributed by atoms with van der Waals surface area (Å²) in [5, 5.41) is -0.735. The third-order valence-corrected chi connectivity index (χ3v) is 2.90. The highest BCUT2D eigenvalue weighted by Crippen LogP contribution is 2.24. The van der Waals surface area contributed by atoms with E-state index in [1.54, 1.807) is 12.1 Å². The lowest BCUT2D eigenvalue weighted by molar-refractivity contribution is 0.0987. The Balaban J connectivity index is 2.23. The smallest absolute Gasteiger partial charge is 0.185 e. The average Bonchev–Trinajstić information content (AvgIpc) is 2.39. The number of halogens is 2. The predicted molar refractivity (Wildman–Crippen MR) is 65.8 cm³/mol. The summed E-state index contributed by atoms with van der Waals surface area (Å²) in [6, 6.07) is 14.5. The summed E-state index contributed by atoms with van der Waals surface area (Å²) in [5.74, 6) is -0.592. The van der Waals surface area contributed by atoms with Gasteiger partial charge in [-0.15, -0.1) is 11.6 Å². The van der Waals surface area contributed by atoms with Gasteiger partial charge >= 0.3 is 0 Å². The van der Waals surface area contributed by atoms with Gasteiger partial charge in [-0.2, -0.15) is 0 Å². The molecule has 1 unspecified atom stereocenters. The van der Waals surface area contributed by atoms with Gasteiger partial charge in [-0.3, -0.25) is 4.79 Å². The zero-order chi connectivity index (χ0) is 12.3. The Bertz CT molecular complexity index is 508. The molecule has 0 bridgehead atoms. The van der Waals surface area contributed by atoms with Gasteiger partial charge in [0.1, 0.15) is 11.2 Å². The largest absolute Gasteiger partial charge is 0.292 e. The van der Waals surface area contributed by atoms with Gasteiger partial charge in [0.25, 0.3) is 0 Å². The van der Waals surface area contributed by atoms with Gasteiger partial charge in [0.2, 0.25) is 0 Å². The molecule has 0 aliphatic rings. The molecular formula is C14H10ClFO. The molecule has 3 heteroatoms. The first kappa shape index (κ1) is 11.8. The van der Waals surface area contributed by atoms with Crippen molar-refractivity contribution in [2.45, 2.75) is 5.38 Å². The van der Waals surface area contributed by atoms with Gasteiger partial charge in [0.05, 0.1) is 0 Å². The van der Waals surface area contributed by atoms with Crippen LogP contribution in [-0.2, 0) is 0 Å². The van der Waals surface area contributed by atoms with Crippen LogP contribution < -0.4 is 0 Å². The molecule has 1 atom stereocenters. The van der Waals surface area contributed by atoms with E-state index in [-0.39, 0.29) is 11.6 Å². The van der Waals surface area contributed by atoms with Crippen LogP contribution in [0.4, 0.5) is 4.39 Å². The Labute approximate surface area is 104 Å². The fourth-order valence-corrected chi connectivity index (χ4v) is 1.81. The molecule has 2 rings (SSSR count). The van der Waals surface area contributed by atoms with Crippen LogP contribution in [0.5, 0.6) is 0 Å². The second kappa shape index (κ2) is 5.11. The minimum absolute atomic E-state index is 0.224. The summed E-state index contributed by atoms with van der Waals surface area (Å²) in [7, 11) is 0. The predicted octanol–water partition coefficient (Wildman–Crippen LogP) is 3.99. The molecule has 0 amide bonds. The minimum Gasteiger partial charge on any atom is -0.292 e. The molecule has 0 fully saturated rings. The van der Waals surface area contributed by atoms with E-state index in [1.807, 2.05) is 18.2 Å². The first-order chi connectivity index (χ1) is 8.18. The van der Waals surface area contributed by atoms with Gasteiger partial charge in [-0.25, -0.2) is 4.39 Å². The molecule has 0 aliphatic carbocycles. The molecular weight excluding hydrogens is 239 g/mol. The summed E-state index contributed by atoms with van der Waals surface area (Å²) in [4.78, 5) is 12.0. The molecule has 1 nitrogen and oxygen atoms in total. The highest BCUT2D eigenvalue weighted by molar-refractivity contribution is 6.33. The van der Waals surface area contributed by atoms with E-state index in [2.05, 4.69) is 0 Å². The Kier molecular flexibility index (Phi) is 3.55. The lowest BCUT2D eigenvalue weighted by atomic mass is 10.0. The minimum atomic E-state index is -0.735. The number of alkyl halides is 1. The van der Waals surface area contributed by atoms with Crippen molar-refractivity contribution >= 4 is 17.4 Å². The quantitative estimate of drug-likeness (QED) is 0.593. The van der Waals surface area contributed by atoms with Gasteiger partial charge < -0.3 is 0 Å². The van der Waals surface area contributed by atoms with E-state index in [9.17, 15) is 9.18 Å². The van der Waals surface area contributed by atoms with Crippen molar-refractivity contribution < 1.29 is 9.18 Å². The first-order valence-electron chi connectivity index (χ1n) is 5.17. The van der Waals surface area contributed by atoms with E-state index in [0.717, 1.165) is 5.56 Å². The van der Waals surface area contributed by atoms with E-state index in [1.165, 1.54) is 24.3 Å². The van der Waals surface area contributed by atoms with Crippen LogP contribution in [0.1, 0.15) is 21.3 Å². The number of rotatable bonds is 3. The molecule has 0 spiro atoms. The maximum absolute atomic E-state index is 12.7. The molecule has 86 valence electrons. The highest BCUT2D eigenvalue weighted by Gasteiger charge is 2.18. The lowest BCUT2D eigenvalue weighted by Crippen LogP contribution is -2.07. The maximum atomic E-state index is 12.7. The van der Waals surface area contributed by atoms with Crippen LogP contribution in [0, 0.1) is 5.82 Å². The molecule has 2 aromatic carbocycles. The molecule has 2 aromatic rings. The van der Waals surface area contributed by atoms with Crippen LogP contribution in [-0.4, -0.2) is 5.78 Å². The van der Waals surface area contributed by atoms with Crippen LogP contribution in [0.15, 0.2) is 54.6 Å². The summed E-state index contributed by atoms with van der Waals surface area (Å²) in [6.07, 6.45) is 0. The Hall–Kier alpha value is -1.67. The Morgan fingerprint density at radius 2 is 1.59 bits per heavy atom. The SMILES string of the molecule is O=C(c1ccc(F)cc1)C(Cl)c1ccccc1. The number of carbonyl (C=O) groups is 1. The third-order valence-electron chi connectivity index (χ3n) is 2.45. The zero-order valence-electron chi connectivity index (χ0n) is 8.94. The van der Waals surface area contributed by atoms with Crippen LogP contribution in [0.25, 0.3) is 0 Å². The van der Waals surface area contributed by atoms with Crippen molar-refractivity contribution in [2.75, 3.05) is 0 Å². The summed E-state index contributed by atoms with van der Waals surface area (Å²) < 4.78 is 12.7. The molecule has 17 heavy (non-hydrogen) atoms. The van der Waals surface area contributed by atoms with Gasteiger partial charge in [-0.1, -0.05) is 30.3 Å². The normalized spacial score (nSPS) is 12.1. The van der Waals surface area contributed by atoms with Crippen molar-refractivity contribution in [2.24, 2.45) is 0 Å². The maximum Gasteiger partial charge on any atom is 0.185 e. The number of hydrogen-bond donors (Lipinski definition) is 0. The van der Waals surface area contributed by atoms with E-state index >= 15 is 0 Å². The van der Waals surface area contributed by atoms with Gasteiger partial charge in [0.15, 0.2) is 5.78 Å². The van der Waals surface area contributed by atoms with Crippen LogP contribution in [0.2, 0.25) is 0 Å². The van der Waals surface area contributed by atoms with Crippen molar-refractivity contribution in [3.05, 3.63) is 71.5 Å². The average molecular weight is 249 g/mol. The number of benzene rings is 2. The van der Waals surface area contributed by atoms with E-state index in [4.69, 9.17) is 11.6 Å². The lowest BCUT2D eigenvalue weighted by Gasteiger charge is -2.08. The fraction of sp³-hybridized carbons (Fsp3) is 0.0714. The molecule has 0 radical (unpaired) electrons. The second-order valence-electron chi connectivity index (χ2n) is 3.64. The second-order valence-corrected chi connectivity index (χ2v) is 4.08.